The number of aromatic nitrogens is 5. The largest absolute Gasteiger partial charge is 0.328 e. The fraction of sp³-hybridized carbons (Fsp3) is 0.500. The van der Waals surface area contributed by atoms with Crippen LogP contribution in [0.15, 0.2) is 23.5 Å². The van der Waals surface area contributed by atoms with Crippen LogP contribution in [0.1, 0.15) is 19.2 Å². The van der Waals surface area contributed by atoms with E-state index in [-0.39, 0.29) is 5.69 Å². The molecule has 0 atom stereocenters. The van der Waals surface area contributed by atoms with E-state index >= 15 is 0 Å². The minimum atomic E-state index is 0.00449. The molecule has 0 aliphatic rings. The maximum absolute atomic E-state index is 11.9. The summed E-state index contributed by atoms with van der Waals surface area (Å²) in [4.78, 5) is 11.9. The molecular formula is C10H15N5O. The Morgan fingerprint density at radius 1 is 1.31 bits per heavy atom. The van der Waals surface area contributed by atoms with Crippen molar-refractivity contribution >= 4 is 0 Å². The van der Waals surface area contributed by atoms with Crippen molar-refractivity contribution in [3.05, 3.63) is 35.0 Å². The van der Waals surface area contributed by atoms with Crippen molar-refractivity contribution in [3.63, 3.8) is 0 Å². The van der Waals surface area contributed by atoms with Crippen LogP contribution >= 0.6 is 0 Å². The van der Waals surface area contributed by atoms with E-state index in [1.807, 2.05) is 24.7 Å². The quantitative estimate of drug-likeness (QED) is 0.743. The van der Waals surface area contributed by atoms with E-state index in [0.717, 1.165) is 18.8 Å². The second-order valence-corrected chi connectivity index (χ2v) is 3.76. The van der Waals surface area contributed by atoms with E-state index in [4.69, 9.17) is 0 Å². The lowest BCUT2D eigenvalue weighted by atomic mass is 10.5. The summed E-state index contributed by atoms with van der Waals surface area (Å²) in [7, 11) is 1.86. The molecule has 2 rings (SSSR count). The minimum absolute atomic E-state index is 0.00449. The lowest BCUT2D eigenvalue weighted by Crippen LogP contribution is -2.25. The third-order valence-corrected chi connectivity index (χ3v) is 2.50. The molecule has 0 unspecified atom stereocenters. The normalized spacial score (nSPS) is 10.9. The van der Waals surface area contributed by atoms with Crippen LogP contribution in [0.5, 0.6) is 0 Å². The summed E-state index contributed by atoms with van der Waals surface area (Å²) in [6.45, 7) is 3.27. The maximum Gasteiger partial charge on any atom is 0.328 e. The lowest BCUT2D eigenvalue weighted by molar-refractivity contribution is 0.608. The zero-order valence-electron chi connectivity index (χ0n) is 9.50. The number of hydrogen-bond acceptors (Lipinski definition) is 3. The molecule has 2 aromatic rings. The predicted octanol–water partition coefficient (Wildman–Crippen LogP) is 0.237. The number of imidazole rings is 1. The van der Waals surface area contributed by atoms with Crippen molar-refractivity contribution in [2.24, 2.45) is 7.05 Å². The predicted molar refractivity (Wildman–Crippen MR) is 59.1 cm³/mol. The van der Waals surface area contributed by atoms with Gasteiger partial charge in [-0.25, -0.2) is 4.79 Å². The zero-order valence-corrected chi connectivity index (χ0v) is 9.50. The monoisotopic (exact) mass is 221 g/mol. The van der Waals surface area contributed by atoms with Gasteiger partial charge in [-0.3, -0.25) is 9.13 Å². The Morgan fingerprint density at radius 2 is 2.06 bits per heavy atom. The Bertz CT molecular complexity index is 521. The zero-order chi connectivity index (χ0) is 11.5. The van der Waals surface area contributed by atoms with Gasteiger partial charge in [-0.2, -0.15) is 0 Å². The van der Waals surface area contributed by atoms with Gasteiger partial charge in [-0.05, 0) is 6.42 Å². The second-order valence-electron chi connectivity index (χ2n) is 3.76. The van der Waals surface area contributed by atoms with Crippen molar-refractivity contribution in [1.29, 1.82) is 0 Å². The molecule has 0 amide bonds. The van der Waals surface area contributed by atoms with Crippen LogP contribution in [0.25, 0.3) is 0 Å². The van der Waals surface area contributed by atoms with Crippen LogP contribution in [-0.2, 0) is 20.1 Å². The summed E-state index contributed by atoms with van der Waals surface area (Å²) in [5.41, 5.74) is 0.00449. The molecule has 0 spiro atoms. The molecule has 0 radical (unpaired) electrons. The van der Waals surface area contributed by atoms with Crippen LogP contribution in [0, 0.1) is 0 Å². The first-order valence-corrected chi connectivity index (χ1v) is 5.31. The summed E-state index contributed by atoms with van der Waals surface area (Å²) in [6.07, 6.45) is 6.17. The lowest BCUT2D eigenvalue weighted by Gasteiger charge is -2.01. The van der Waals surface area contributed by atoms with Crippen molar-refractivity contribution in [1.82, 2.24) is 23.9 Å². The summed E-state index contributed by atoms with van der Waals surface area (Å²) in [6, 6.07) is 0. The molecule has 6 heteroatoms. The molecule has 2 aromatic heterocycles. The molecule has 0 aliphatic heterocycles. The standard InChI is InChI=1S/C10H15N5O/c1-3-4-14-5-6-15(10(14)16)7-9-12-11-8-13(9)2/h5-6,8H,3-4,7H2,1-2H3. The summed E-state index contributed by atoms with van der Waals surface area (Å²) in [5, 5.41) is 7.73. The molecule has 0 bridgehead atoms. The highest BCUT2D eigenvalue weighted by Crippen LogP contribution is 1.95. The summed E-state index contributed by atoms with van der Waals surface area (Å²) < 4.78 is 5.15. The van der Waals surface area contributed by atoms with E-state index < -0.39 is 0 Å². The number of rotatable bonds is 4. The molecule has 0 aliphatic carbocycles. The van der Waals surface area contributed by atoms with Crippen molar-refractivity contribution in [2.75, 3.05) is 0 Å². The van der Waals surface area contributed by atoms with Gasteiger partial charge < -0.3 is 4.57 Å². The van der Waals surface area contributed by atoms with E-state index in [2.05, 4.69) is 10.2 Å². The van der Waals surface area contributed by atoms with Crippen LogP contribution in [0.2, 0.25) is 0 Å². The first-order chi connectivity index (χ1) is 7.72. The van der Waals surface area contributed by atoms with E-state index in [1.165, 1.54) is 0 Å². The van der Waals surface area contributed by atoms with Gasteiger partial charge in [-0.15, -0.1) is 10.2 Å². The van der Waals surface area contributed by atoms with E-state index in [1.54, 1.807) is 21.7 Å². The van der Waals surface area contributed by atoms with Gasteiger partial charge in [0, 0.05) is 26.0 Å². The SMILES string of the molecule is CCCn1ccn(Cc2nncn2C)c1=O. The molecule has 0 saturated heterocycles. The van der Waals surface area contributed by atoms with E-state index in [9.17, 15) is 4.79 Å². The number of aryl methyl sites for hydroxylation is 2. The Labute approximate surface area is 93.2 Å². The molecule has 2 heterocycles. The Hall–Kier alpha value is -1.85. The minimum Gasteiger partial charge on any atom is -0.319 e. The van der Waals surface area contributed by atoms with Crippen LogP contribution in [-0.4, -0.2) is 23.9 Å². The maximum atomic E-state index is 11.9. The fourth-order valence-electron chi connectivity index (χ4n) is 1.59. The van der Waals surface area contributed by atoms with Crippen LogP contribution in [0.3, 0.4) is 0 Å². The number of hydrogen-bond donors (Lipinski definition) is 0. The third-order valence-electron chi connectivity index (χ3n) is 2.50. The fourth-order valence-corrected chi connectivity index (χ4v) is 1.59. The molecule has 0 aromatic carbocycles. The van der Waals surface area contributed by atoms with Gasteiger partial charge in [0.2, 0.25) is 0 Å². The molecule has 0 N–H and O–H groups in total. The third kappa shape index (κ3) is 1.91. The molecule has 0 saturated carbocycles. The summed E-state index contributed by atoms with van der Waals surface area (Å²) >= 11 is 0. The molecule has 16 heavy (non-hydrogen) atoms. The first-order valence-electron chi connectivity index (χ1n) is 5.31. The van der Waals surface area contributed by atoms with Crippen molar-refractivity contribution < 1.29 is 0 Å². The Kier molecular flexibility index (Phi) is 2.89. The van der Waals surface area contributed by atoms with E-state index in [0.29, 0.717) is 6.54 Å². The smallest absolute Gasteiger partial charge is 0.319 e. The highest BCUT2D eigenvalue weighted by Gasteiger charge is 2.06. The van der Waals surface area contributed by atoms with Gasteiger partial charge in [0.25, 0.3) is 0 Å². The molecule has 6 nitrogen and oxygen atoms in total. The second kappa shape index (κ2) is 4.34. The average Bonchev–Trinajstić information content (AvgIpc) is 2.80. The topological polar surface area (TPSA) is 57.6 Å². The number of nitrogens with zero attached hydrogens (tertiary/aromatic N) is 5. The van der Waals surface area contributed by atoms with Gasteiger partial charge >= 0.3 is 5.69 Å². The molecule has 86 valence electrons. The highest BCUT2D eigenvalue weighted by atomic mass is 16.1. The van der Waals surface area contributed by atoms with Gasteiger partial charge in [-0.1, -0.05) is 6.92 Å². The average molecular weight is 221 g/mol. The van der Waals surface area contributed by atoms with Crippen molar-refractivity contribution in [2.45, 2.75) is 26.4 Å². The molecule has 0 fully saturated rings. The molecular weight excluding hydrogens is 206 g/mol. The van der Waals surface area contributed by atoms with Gasteiger partial charge in [0.15, 0.2) is 5.82 Å². The Balaban J connectivity index is 2.23. The van der Waals surface area contributed by atoms with Crippen molar-refractivity contribution in [3.8, 4) is 0 Å². The van der Waals surface area contributed by atoms with Gasteiger partial charge in [0.05, 0.1) is 6.54 Å². The highest BCUT2D eigenvalue weighted by molar-refractivity contribution is 4.90. The Morgan fingerprint density at radius 3 is 2.69 bits per heavy atom. The van der Waals surface area contributed by atoms with Gasteiger partial charge in [0.1, 0.15) is 6.33 Å². The first kappa shape index (κ1) is 10.7. The summed E-state index contributed by atoms with van der Waals surface area (Å²) in [5.74, 6) is 0.774. The van der Waals surface area contributed by atoms with Crippen LogP contribution in [0.4, 0.5) is 0 Å². The van der Waals surface area contributed by atoms with Crippen LogP contribution < -0.4 is 5.69 Å².